The molecule has 0 radical (unpaired) electrons. The predicted octanol–water partition coefficient (Wildman–Crippen LogP) is 2.87. The van der Waals surface area contributed by atoms with Crippen LogP contribution in [0.4, 0.5) is 5.69 Å². The Hall–Kier alpha value is -3.03. The first-order chi connectivity index (χ1) is 16.3. The van der Waals surface area contributed by atoms with E-state index in [1.165, 1.54) is 4.31 Å². The van der Waals surface area contributed by atoms with Crippen LogP contribution in [0.3, 0.4) is 0 Å². The van der Waals surface area contributed by atoms with Gasteiger partial charge >= 0.3 is 0 Å². The van der Waals surface area contributed by atoms with Gasteiger partial charge in [-0.15, -0.1) is 0 Å². The van der Waals surface area contributed by atoms with Crippen molar-refractivity contribution in [3.63, 3.8) is 0 Å². The Balaban J connectivity index is 1.47. The molecule has 1 atom stereocenters. The van der Waals surface area contributed by atoms with E-state index in [9.17, 15) is 18.5 Å². The number of halogens is 1. The molecule has 1 aromatic heterocycles. The van der Waals surface area contributed by atoms with E-state index in [1.54, 1.807) is 30.6 Å². The van der Waals surface area contributed by atoms with Gasteiger partial charge in [0, 0.05) is 48.2 Å². The third-order valence-electron chi connectivity index (χ3n) is 6.47. The minimum absolute atomic E-state index is 0.0331. The van der Waals surface area contributed by atoms with Crippen LogP contribution in [0.15, 0.2) is 54.9 Å². The first kappa shape index (κ1) is 22.7. The van der Waals surface area contributed by atoms with Crippen LogP contribution >= 0.6 is 11.6 Å². The van der Waals surface area contributed by atoms with Gasteiger partial charge in [-0.05, 0) is 23.3 Å². The third-order valence-corrected chi connectivity index (χ3v) is 8.69. The van der Waals surface area contributed by atoms with Crippen LogP contribution < -0.4 is 10.6 Å². The number of anilines is 1. The Bertz CT molecular complexity index is 1430. The van der Waals surface area contributed by atoms with Gasteiger partial charge in [-0.25, -0.2) is 8.42 Å². The van der Waals surface area contributed by atoms with Gasteiger partial charge in [0.15, 0.2) is 0 Å². The molecule has 0 unspecified atom stereocenters. The van der Waals surface area contributed by atoms with E-state index in [1.807, 2.05) is 24.3 Å². The number of benzene rings is 2. The van der Waals surface area contributed by atoms with Gasteiger partial charge in [-0.2, -0.15) is 9.57 Å². The number of hydrogen-bond acceptors (Lipinski definition) is 6. The molecule has 0 saturated carbocycles. The number of amides is 1. The minimum Gasteiger partial charge on any atom is -0.324 e. The van der Waals surface area contributed by atoms with Crippen LogP contribution in [0.5, 0.6) is 0 Å². The lowest BCUT2D eigenvalue weighted by molar-refractivity contribution is -0.118. The number of nitrogens with one attached hydrogen (secondary N) is 2. The van der Waals surface area contributed by atoms with Crippen molar-refractivity contribution in [1.29, 1.82) is 5.26 Å². The van der Waals surface area contributed by atoms with Crippen LogP contribution in [0, 0.1) is 16.7 Å². The summed E-state index contributed by atoms with van der Waals surface area (Å²) < 4.78 is 27.9. The molecule has 1 fully saturated rings. The summed E-state index contributed by atoms with van der Waals surface area (Å²) in [5.74, 6) is -1.40. The van der Waals surface area contributed by atoms with Crippen molar-refractivity contribution >= 4 is 44.0 Å². The van der Waals surface area contributed by atoms with Crippen molar-refractivity contribution in [2.45, 2.75) is 12.5 Å². The number of fused-ring (bicyclic) bond motifs is 2. The fourth-order valence-corrected chi connectivity index (χ4v) is 6.59. The molecule has 3 aromatic rings. The largest absolute Gasteiger partial charge is 0.324 e. The van der Waals surface area contributed by atoms with Crippen LogP contribution in [0.2, 0.25) is 5.02 Å². The molecule has 0 aliphatic carbocycles. The summed E-state index contributed by atoms with van der Waals surface area (Å²) in [6.45, 7) is 0.763. The third kappa shape index (κ3) is 4.14. The SMILES string of the molecule is N#CC1(CS(=O)(=O)N2Cc3ccc(Cl)cc3[C@@H](C(=O)Nc3cncc4ccccc34)C2)CNC1. The number of nitrogens with zero attached hydrogens (tertiary/aromatic N) is 3. The second-order valence-corrected chi connectivity index (χ2v) is 11.2. The van der Waals surface area contributed by atoms with E-state index in [4.69, 9.17) is 11.6 Å². The Morgan fingerprint density at radius 1 is 1.26 bits per heavy atom. The van der Waals surface area contributed by atoms with E-state index in [-0.39, 0.29) is 24.7 Å². The summed E-state index contributed by atoms with van der Waals surface area (Å²) in [4.78, 5) is 17.7. The smallest absolute Gasteiger partial charge is 0.233 e. The van der Waals surface area contributed by atoms with Gasteiger partial charge in [-0.1, -0.05) is 41.9 Å². The van der Waals surface area contributed by atoms with E-state index in [2.05, 4.69) is 21.7 Å². The highest BCUT2D eigenvalue weighted by molar-refractivity contribution is 7.89. The lowest BCUT2D eigenvalue weighted by Gasteiger charge is -2.39. The molecular formula is C24H22ClN5O3S. The van der Waals surface area contributed by atoms with E-state index in [0.717, 1.165) is 10.8 Å². The number of carbonyl (C=O) groups excluding carboxylic acids is 1. The molecule has 2 aromatic carbocycles. The van der Waals surface area contributed by atoms with Gasteiger partial charge in [0.2, 0.25) is 15.9 Å². The standard InChI is InChI=1S/C24H22ClN5O3S/c25-18-6-5-17-10-30(34(32,33)15-24(12-26)13-28-14-24)11-21(20(17)7-18)23(31)29-22-9-27-8-16-3-1-2-4-19(16)22/h1-9,21,28H,10-11,13-15H2,(H,29,31)/t21-/m0/s1. The maximum Gasteiger partial charge on any atom is 0.233 e. The summed E-state index contributed by atoms with van der Waals surface area (Å²) in [5, 5.41) is 17.6. The molecule has 1 amide bonds. The molecular weight excluding hydrogens is 474 g/mol. The average Bonchev–Trinajstić information content (AvgIpc) is 2.81. The highest BCUT2D eigenvalue weighted by Gasteiger charge is 2.45. The first-order valence-electron chi connectivity index (χ1n) is 10.8. The zero-order valence-corrected chi connectivity index (χ0v) is 19.7. The zero-order chi connectivity index (χ0) is 23.9. The first-order valence-corrected chi connectivity index (χ1v) is 12.8. The molecule has 1 saturated heterocycles. The highest BCUT2D eigenvalue weighted by Crippen LogP contribution is 2.35. The Labute approximate surface area is 202 Å². The van der Waals surface area contributed by atoms with Gasteiger partial charge in [0.25, 0.3) is 0 Å². The van der Waals surface area contributed by atoms with E-state index in [0.29, 0.717) is 34.9 Å². The van der Waals surface area contributed by atoms with Gasteiger partial charge in [-0.3, -0.25) is 9.78 Å². The van der Waals surface area contributed by atoms with Crippen molar-refractivity contribution in [3.8, 4) is 6.07 Å². The van der Waals surface area contributed by atoms with Crippen molar-refractivity contribution in [2.24, 2.45) is 5.41 Å². The molecule has 8 nitrogen and oxygen atoms in total. The minimum atomic E-state index is -3.80. The monoisotopic (exact) mass is 495 g/mol. The molecule has 34 heavy (non-hydrogen) atoms. The van der Waals surface area contributed by atoms with Gasteiger partial charge < -0.3 is 10.6 Å². The maximum absolute atomic E-state index is 13.5. The fraction of sp³-hybridized carbons (Fsp3) is 0.292. The summed E-state index contributed by atoms with van der Waals surface area (Å²) in [5.41, 5.74) is 1.03. The molecule has 3 heterocycles. The van der Waals surface area contributed by atoms with Crippen molar-refractivity contribution < 1.29 is 13.2 Å². The lowest BCUT2D eigenvalue weighted by Crippen LogP contribution is -2.58. The Morgan fingerprint density at radius 3 is 2.79 bits per heavy atom. The Morgan fingerprint density at radius 2 is 2.06 bits per heavy atom. The number of sulfonamides is 1. The molecule has 0 spiro atoms. The normalized spacial score (nSPS) is 19.6. The number of carbonyl (C=O) groups is 1. The van der Waals surface area contributed by atoms with Crippen LogP contribution in [0.1, 0.15) is 17.0 Å². The summed E-state index contributed by atoms with van der Waals surface area (Å²) in [6, 6.07) is 14.9. The quantitative estimate of drug-likeness (QED) is 0.562. The number of aromatic nitrogens is 1. The fourth-order valence-electron chi connectivity index (χ4n) is 4.54. The zero-order valence-electron chi connectivity index (χ0n) is 18.2. The molecule has 174 valence electrons. The van der Waals surface area contributed by atoms with E-state index < -0.39 is 21.4 Å². The van der Waals surface area contributed by atoms with Gasteiger partial charge in [0.05, 0.1) is 35.0 Å². The maximum atomic E-state index is 13.5. The van der Waals surface area contributed by atoms with Crippen molar-refractivity contribution in [3.05, 3.63) is 71.0 Å². The molecule has 2 aliphatic heterocycles. The van der Waals surface area contributed by atoms with Crippen molar-refractivity contribution in [2.75, 3.05) is 30.7 Å². The number of rotatable bonds is 5. The Kier molecular flexibility index (Phi) is 5.78. The summed E-state index contributed by atoms with van der Waals surface area (Å²) >= 11 is 6.23. The molecule has 5 rings (SSSR count). The number of pyridine rings is 1. The second-order valence-electron chi connectivity index (χ2n) is 8.84. The summed E-state index contributed by atoms with van der Waals surface area (Å²) in [6.07, 6.45) is 3.30. The number of hydrogen-bond donors (Lipinski definition) is 2. The molecule has 2 aliphatic rings. The van der Waals surface area contributed by atoms with Crippen LogP contribution in [-0.4, -0.2) is 49.0 Å². The lowest BCUT2D eigenvalue weighted by atomic mass is 9.86. The van der Waals surface area contributed by atoms with Gasteiger partial charge in [0.1, 0.15) is 0 Å². The molecule has 2 N–H and O–H groups in total. The average molecular weight is 496 g/mol. The topological polar surface area (TPSA) is 115 Å². The van der Waals surface area contributed by atoms with Crippen LogP contribution in [-0.2, 0) is 21.4 Å². The second kappa shape index (κ2) is 8.64. The summed E-state index contributed by atoms with van der Waals surface area (Å²) in [7, 11) is -3.80. The van der Waals surface area contributed by atoms with Crippen LogP contribution in [0.25, 0.3) is 10.8 Å². The highest BCUT2D eigenvalue weighted by atomic mass is 35.5. The predicted molar refractivity (Wildman–Crippen MR) is 130 cm³/mol. The molecule has 10 heteroatoms. The molecule has 0 bridgehead atoms. The van der Waals surface area contributed by atoms with Crippen molar-refractivity contribution in [1.82, 2.24) is 14.6 Å². The van der Waals surface area contributed by atoms with E-state index >= 15 is 0 Å². The number of nitriles is 1.